The van der Waals surface area contributed by atoms with Crippen LogP contribution in [0.3, 0.4) is 0 Å². The van der Waals surface area contributed by atoms with E-state index in [1.807, 2.05) is 37.3 Å². The van der Waals surface area contributed by atoms with E-state index in [1.54, 1.807) is 18.7 Å². The monoisotopic (exact) mass is 429 g/mol. The molecule has 160 valence electrons. The molecule has 0 radical (unpaired) electrons. The third-order valence-electron chi connectivity index (χ3n) is 5.37. The minimum Gasteiger partial charge on any atom is -0.312 e. The van der Waals surface area contributed by atoms with Gasteiger partial charge in [0.25, 0.3) is 5.91 Å². The molecule has 1 fully saturated rings. The van der Waals surface area contributed by atoms with Crippen LogP contribution in [0, 0.1) is 0 Å². The lowest BCUT2D eigenvalue weighted by Gasteiger charge is -2.20. The van der Waals surface area contributed by atoms with Gasteiger partial charge in [-0.2, -0.15) is 4.31 Å². The van der Waals surface area contributed by atoms with Gasteiger partial charge >= 0.3 is 6.03 Å². The Hall–Kier alpha value is -2.71. The van der Waals surface area contributed by atoms with Crippen molar-refractivity contribution >= 4 is 27.6 Å². The first-order chi connectivity index (χ1) is 14.3. The molecule has 0 aliphatic carbocycles. The number of hydrogen-bond donors (Lipinski definition) is 0. The maximum Gasteiger partial charge on any atom is 0.332 e. The predicted molar refractivity (Wildman–Crippen MR) is 116 cm³/mol. The third kappa shape index (κ3) is 3.97. The Balaban J connectivity index is 1.88. The average molecular weight is 430 g/mol. The van der Waals surface area contributed by atoms with Gasteiger partial charge in [0.05, 0.1) is 10.6 Å². The zero-order chi connectivity index (χ0) is 21.9. The van der Waals surface area contributed by atoms with Crippen LogP contribution in [0.5, 0.6) is 0 Å². The van der Waals surface area contributed by atoms with Crippen molar-refractivity contribution in [3.8, 4) is 0 Å². The number of carbonyl (C=O) groups is 2. The Labute approximate surface area is 177 Å². The summed E-state index contributed by atoms with van der Waals surface area (Å²) in [6.45, 7) is 6.55. The van der Waals surface area contributed by atoms with Crippen LogP contribution >= 0.6 is 0 Å². The highest BCUT2D eigenvalue weighted by atomic mass is 32.2. The predicted octanol–water partition coefficient (Wildman–Crippen LogP) is 3.12. The number of likely N-dealkylation sites (N-methyl/N-ethyl adjacent to an activating group) is 1. The van der Waals surface area contributed by atoms with Gasteiger partial charge in [-0.3, -0.25) is 4.79 Å². The summed E-state index contributed by atoms with van der Waals surface area (Å²) in [6, 6.07) is 14.5. The number of nitrogens with zero attached hydrogens (tertiary/aromatic N) is 3. The Morgan fingerprint density at radius 2 is 1.50 bits per heavy atom. The molecule has 0 N–H and O–H groups in total. The third-order valence-corrected chi connectivity index (χ3v) is 7.43. The molecule has 8 heteroatoms. The molecule has 2 aromatic rings. The lowest BCUT2D eigenvalue weighted by molar-refractivity contribution is -0.119. The number of sulfonamides is 1. The summed E-state index contributed by atoms with van der Waals surface area (Å²) >= 11 is 0. The zero-order valence-electron chi connectivity index (χ0n) is 17.5. The highest BCUT2D eigenvalue weighted by Crippen LogP contribution is 2.28. The first-order valence-electron chi connectivity index (χ1n) is 10.1. The van der Waals surface area contributed by atoms with Gasteiger partial charge < -0.3 is 4.90 Å². The maximum absolute atomic E-state index is 13.1. The molecular formula is C22H27N3O4S. The van der Waals surface area contributed by atoms with Gasteiger partial charge in [0.2, 0.25) is 10.0 Å². The summed E-state index contributed by atoms with van der Waals surface area (Å²) in [4.78, 5) is 28.9. The second-order valence-electron chi connectivity index (χ2n) is 7.03. The number of carbonyl (C=O) groups excluding carboxylic acids is 2. The summed E-state index contributed by atoms with van der Waals surface area (Å²) in [6.07, 6.45) is 0.435. The van der Waals surface area contributed by atoms with Crippen LogP contribution < -0.4 is 4.90 Å². The molecule has 1 saturated heterocycles. The smallest absolute Gasteiger partial charge is 0.312 e. The van der Waals surface area contributed by atoms with Gasteiger partial charge in [0.1, 0.15) is 6.04 Å². The van der Waals surface area contributed by atoms with E-state index in [0.29, 0.717) is 31.7 Å². The number of anilines is 1. The van der Waals surface area contributed by atoms with E-state index < -0.39 is 16.1 Å². The summed E-state index contributed by atoms with van der Waals surface area (Å²) < 4.78 is 26.7. The molecule has 1 aliphatic rings. The number of amides is 3. The minimum absolute atomic E-state index is 0.141. The van der Waals surface area contributed by atoms with E-state index in [4.69, 9.17) is 0 Å². The van der Waals surface area contributed by atoms with Crippen LogP contribution in [0.1, 0.15) is 26.3 Å². The van der Waals surface area contributed by atoms with Crippen LogP contribution in [0.4, 0.5) is 10.5 Å². The fourth-order valence-corrected chi connectivity index (χ4v) is 5.20. The number of hydrogen-bond acceptors (Lipinski definition) is 4. The lowest BCUT2D eigenvalue weighted by atomic mass is 10.1. The second-order valence-corrected chi connectivity index (χ2v) is 8.97. The zero-order valence-corrected chi connectivity index (χ0v) is 18.3. The van der Waals surface area contributed by atoms with E-state index >= 15 is 0 Å². The normalized spacial score (nSPS) is 17.3. The molecule has 7 nitrogen and oxygen atoms in total. The topological polar surface area (TPSA) is 78.0 Å². The van der Waals surface area contributed by atoms with Crippen LogP contribution in [0.25, 0.3) is 0 Å². The number of imide groups is 1. The van der Waals surface area contributed by atoms with Crippen LogP contribution in [0.2, 0.25) is 0 Å². The first kappa shape index (κ1) is 22.0. The van der Waals surface area contributed by atoms with Gasteiger partial charge in [-0.1, -0.05) is 44.2 Å². The summed E-state index contributed by atoms with van der Waals surface area (Å²) in [7, 11) is -3.60. The highest BCUT2D eigenvalue weighted by Gasteiger charge is 2.45. The van der Waals surface area contributed by atoms with Crippen molar-refractivity contribution < 1.29 is 18.0 Å². The molecule has 1 aliphatic heterocycles. The van der Waals surface area contributed by atoms with E-state index in [9.17, 15) is 18.0 Å². The Bertz CT molecular complexity index is 1000. The minimum atomic E-state index is -3.60. The molecule has 0 saturated carbocycles. The van der Waals surface area contributed by atoms with Gasteiger partial charge in [-0.25, -0.2) is 18.1 Å². The molecule has 3 rings (SSSR count). The highest BCUT2D eigenvalue weighted by molar-refractivity contribution is 7.89. The number of benzene rings is 2. The van der Waals surface area contributed by atoms with Crippen molar-refractivity contribution in [2.75, 3.05) is 24.5 Å². The molecule has 0 unspecified atom stereocenters. The van der Waals surface area contributed by atoms with Crippen molar-refractivity contribution in [3.05, 3.63) is 60.2 Å². The van der Waals surface area contributed by atoms with Crippen LogP contribution in [-0.4, -0.2) is 55.2 Å². The molecule has 0 aromatic heterocycles. The summed E-state index contributed by atoms with van der Waals surface area (Å²) in [5.74, 6) is -0.301. The average Bonchev–Trinajstić information content (AvgIpc) is 2.98. The van der Waals surface area contributed by atoms with E-state index in [1.165, 1.54) is 28.6 Å². The fourth-order valence-electron chi connectivity index (χ4n) is 3.75. The van der Waals surface area contributed by atoms with Crippen molar-refractivity contribution in [3.63, 3.8) is 0 Å². The lowest BCUT2D eigenvalue weighted by Crippen LogP contribution is -2.36. The first-order valence-corrected chi connectivity index (χ1v) is 11.6. The van der Waals surface area contributed by atoms with Gasteiger partial charge in [0, 0.05) is 26.1 Å². The Morgan fingerprint density at radius 1 is 0.900 bits per heavy atom. The van der Waals surface area contributed by atoms with E-state index in [2.05, 4.69) is 0 Å². The van der Waals surface area contributed by atoms with Gasteiger partial charge in [-0.15, -0.1) is 0 Å². The molecule has 3 amide bonds. The molecule has 30 heavy (non-hydrogen) atoms. The molecule has 0 spiro atoms. The Kier molecular flexibility index (Phi) is 6.58. The van der Waals surface area contributed by atoms with Crippen molar-refractivity contribution in [1.29, 1.82) is 0 Å². The number of urea groups is 1. The maximum atomic E-state index is 13.1. The summed E-state index contributed by atoms with van der Waals surface area (Å²) in [5.41, 5.74) is 1.35. The van der Waals surface area contributed by atoms with Crippen molar-refractivity contribution in [2.24, 2.45) is 0 Å². The SMILES string of the molecule is CCN1C(=O)N(c2ccc(S(=O)(=O)N(CC)CC)cc2)C(=O)[C@@H]1Cc1ccccc1. The molecule has 1 atom stereocenters. The fraction of sp³-hybridized carbons (Fsp3) is 0.364. The molecule has 1 heterocycles. The van der Waals surface area contributed by atoms with Gasteiger partial charge in [-0.05, 0) is 36.8 Å². The quantitative estimate of drug-likeness (QED) is 0.604. The molecule has 0 bridgehead atoms. The Morgan fingerprint density at radius 3 is 2.03 bits per heavy atom. The van der Waals surface area contributed by atoms with Crippen molar-refractivity contribution in [2.45, 2.75) is 38.1 Å². The second kappa shape index (κ2) is 8.97. The molecular weight excluding hydrogens is 402 g/mol. The van der Waals surface area contributed by atoms with E-state index in [0.717, 1.165) is 10.5 Å². The summed E-state index contributed by atoms with van der Waals surface area (Å²) in [5, 5.41) is 0. The molecule has 2 aromatic carbocycles. The van der Waals surface area contributed by atoms with E-state index in [-0.39, 0.29) is 16.8 Å². The van der Waals surface area contributed by atoms with Crippen molar-refractivity contribution in [1.82, 2.24) is 9.21 Å². The largest absolute Gasteiger partial charge is 0.332 e. The van der Waals surface area contributed by atoms with Crippen LogP contribution in [-0.2, 0) is 21.2 Å². The number of rotatable bonds is 8. The van der Waals surface area contributed by atoms with Crippen LogP contribution in [0.15, 0.2) is 59.5 Å². The standard InChI is InChI=1S/C22H27N3O4S/c1-4-23(5-2)30(28,29)19-14-12-18(13-15-19)25-21(26)20(24(6-3)22(25)27)16-17-10-8-7-9-11-17/h7-15,20H,4-6,16H2,1-3H3/t20-/m0/s1. The van der Waals surface area contributed by atoms with Gasteiger partial charge in [0.15, 0.2) is 0 Å².